The van der Waals surface area contributed by atoms with Gasteiger partial charge in [0.2, 0.25) is 11.8 Å². The molecule has 6 heteroatoms. The van der Waals surface area contributed by atoms with Gasteiger partial charge >= 0.3 is 0 Å². The van der Waals surface area contributed by atoms with Crippen molar-refractivity contribution in [1.82, 2.24) is 9.88 Å². The Hall–Kier alpha value is -2.94. The van der Waals surface area contributed by atoms with Crippen LogP contribution in [0.3, 0.4) is 0 Å². The fourth-order valence-corrected chi connectivity index (χ4v) is 3.10. The predicted octanol–water partition coefficient (Wildman–Crippen LogP) is 2.28. The summed E-state index contributed by atoms with van der Waals surface area (Å²) in [4.78, 5) is 29.0. The van der Waals surface area contributed by atoms with Crippen LogP contribution in [0.15, 0.2) is 18.3 Å². The second kappa shape index (κ2) is 6.28. The summed E-state index contributed by atoms with van der Waals surface area (Å²) < 4.78 is 0. The third-order valence-electron chi connectivity index (χ3n) is 4.22. The highest BCUT2D eigenvalue weighted by molar-refractivity contribution is 6.02. The lowest BCUT2D eigenvalue weighted by molar-refractivity contribution is -0.138. The lowest BCUT2D eigenvalue weighted by atomic mass is 10.0. The molecule has 1 fully saturated rings. The van der Waals surface area contributed by atoms with Crippen LogP contribution >= 0.6 is 0 Å². The zero-order chi connectivity index (χ0) is 17.3. The lowest BCUT2D eigenvalue weighted by Gasteiger charge is -2.17. The van der Waals surface area contributed by atoms with E-state index in [1.165, 1.54) is 4.90 Å². The zero-order valence-electron chi connectivity index (χ0n) is 13.7. The van der Waals surface area contributed by atoms with Crippen molar-refractivity contribution >= 4 is 28.4 Å². The van der Waals surface area contributed by atoms with Gasteiger partial charge in [0.15, 0.2) is 0 Å². The van der Waals surface area contributed by atoms with Crippen LogP contribution in [0.25, 0.3) is 10.9 Å². The molecule has 1 saturated heterocycles. The van der Waals surface area contributed by atoms with Crippen LogP contribution in [-0.2, 0) is 9.59 Å². The Kier molecular flexibility index (Phi) is 4.17. The fourth-order valence-electron chi connectivity index (χ4n) is 3.10. The van der Waals surface area contributed by atoms with E-state index >= 15 is 0 Å². The van der Waals surface area contributed by atoms with E-state index in [0.29, 0.717) is 37.2 Å². The molecule has 0 atom stereocenters. The van der Waals surface area contributed by atoms with E-state index < -0.39 is 0 Å². The molecular formula is C18H18N4O2. The lowest BCUT2D eigenvalue weighted by Crippen LogP contribution is -2.33. The number of carbonyl (C=O) groups excluding carboxylic acids is 2. The van der Waals surface area contributed by atoms with Gasteiger partial charge in [0.25, 0.3) is 0 Å². The number of pyridine rings is 1. The molecule has 2 amide bonds. The summed E-state index contributed by atoms with van der Waals surface area (Å²) in [5.74, 6) is -0.262. The van der Waals surface area contributed by atoms with Gasteiger partial charge in [0, 0.05) is 37.5 Å². The number of amides is 2. The van der Waals surface area contributed by atoms with Crippen LogP contribution in [-0.4, -0.2) is 34.8 Å². The molecule has 2 aromatic rings. The van der Waals surface area contributed by atoms with Gasteiger partial charge in [0.1, 0.15) is 6.07 Å². The Morgan fingerprint density at radius 3 is 2.62 bits per heavy atom. The van der Waals surface area contributed by atoms with Gasteiger partial charge in [-0.25, -0.2) is 0 Å². The number of rotatable bonds is 4. The van der Waals surface area contributed by atoms with Gasteiger partial charge in [-0.2, -0.15) is 5.26 Å². The molecule has 1 aliphatic heterocycles. The number of likely N-dealkylation sites (tertiary alicyclic amines) is 1. The number of carbonyl (C=O) groups is 2. The maximum Gasteiger partial charge on any atom is 0.229 e. The van der Waals surface area contributed by atoms with E-state index in [-0.39, 0.29) is 11.8 Å². The number of nitrogens with one attached hydrogen (secondary N) is 1. The number of imide groups is 1. The molecule has 122 valence electrons. The topological polar surface area (TPSA) is 86.1 Å². The first-order valence-electron chi connectivity index (χ1n) is 7.88. The van der Waals surface area contributed by atoms with Crippen molar-refractivity contribution in [2.24, 2.45) is 0 Å². The van der Waals surface area contributed by atoms with E-state index in [1.54, 1.807) is 6.20 Å². The monoisotopic (exact) mass is 322 g/mol. The summed E-state index contributed by atoms with van der Waals surface area (Å²) in [5, 5.41) is 13.5. The predicted molar refractivity (Wildman–Crippen MR) is 90.4 cm³/mol. The van der Waals surface area contributed by atoms with Crippen molar-refractivity contribution in [3.63, 3.8) is 0 Å². The molecule has 1 aliphatic rings. The molecule has 24 heavy (non-hydrogen) atoms. The Bertz CT molecular complexity index is 867. The molecule has 1 aromatic heterocycles. The van der Waals surface area contributed by atoms with Crippen molar-refractivity contribution in [3.8, 4) is 6.07 Å². The second-order valence-corrected chi connectivity index (χ2v) is 6.00. The number of hydrogen-bond acceptors (Lipinski definition) is 5. The van der Waals surface area contributed by atoms with E-state index in [9.17, 15) is 14.9 Å². The minimum Gasteiger partial charge on any atom is -0.382 e. The molecular weight excluding hydrogens is 304 g/mol. The minimum atomic E-state index is -0.131. The van der Waals surface area contributed by atoms with E-state index in [4.69, 9.17) is 0 Å². The van der Waals surface area contributed by atoms with Crippen LogP contribution in [0.4, 0.5) is 5.69 Å². The van der Waals surface area contributed by atoms with Crippen molar-refractivity contribution < 1.29 is 9.59 Å². The standard InChI is InChI=1S/C18H18N4O2/c1-11-7-12(2)17-14(8-11)18(13(9-19)10-21-17)20-5-6-22-15(23)3-4-16(22)24/h7-8,10H,3-6H2,1-2H3,(H,20,21). The summed E-state index contributed by atoms with van der Waals surface area (Å²) in [6.45, 7) is 4.69. The molecule has 1 aromatic carbocycles. The van der Waals surface area contributed by atoms with Gasteiger partial charge in [-0.05, 0) is 25.5 Å². The Labute approximate surface area is 140 Å². The number of nitriles is 1. The number of benzene rings is 1. The van der Waals surface area contributed by atoms with Crippen molar-refractivity contribution in [2.75, 3.05) is 18.4 Å². The SMILES string of the molecule is Cc1cc(C)c2ncc(C#N)c(NCCN3C(=O)CCC3=O)c2c1. The maximum atomic E-state index is 11.7. The van der Waals surface area contributed by atoms with Gasteiger partial charge in [-0.3, -0.25) is 19.5 Å². The fraction of sp³-hybridized carbons (Fsp3) is 0.333. The average Bonchev–Trinajstić information content (AvgIpc) is 2.86. The van der Waals surface area contributed by atoms with Crippen LogP contribution in [0.2, 0.25) is 0 Å². The number of anilines is 1. The Morgan fingerprint density at radius 2 is 1.96 bits per heavy atom. The van der Waals surface area contributed by atoms with Gasteiger partial charge in [-0.1, -0.05) is 11.6 Å². The molecule has 0 unspecified atom stereocenters. The first-order valence-corrected chi connectivity index (χ1v) is 7.88. The average molecular weight is 322 g/mol. The smallest absolute Gasteiger partial charge is 0.229 e. The highest BCUT2D eigenvalue weighted by Crippen LogP contribution is 2.28. The zero-order valence-corrected chi connectivity index (χ0v) is 13.7. The number of aryl methyl sites for hydroxylation is 2. The summed E-state index contributed by atoms with van der Waals surface area (Å²) in [7, 11) is 0. The quantitative estimate of drug-likeness (QED) is 0.873. The van der Waals surface area contributed by atoms with E-state index in [2.05, 4.69) is 16.4 Å². The normalized spacial score (nSPS) is 14.3. The summed E-state index contributed by atoms with van der Waals surface area (Å²) in [6.07, 6.45) is 2.14. The van der Waals surface area contributed by atoms with E-state index in [0.717, 1.165) is 22.0 Å². The highest BCUT2D eigenvalue weighted by atomic mass is 16.2. The van der Waals surface area contributed by atoms with Gasteiger partial charge < -0.3 is 5.32 Å². The third-order valence-corrected chi connectivity index (χ3v) is 4.22. The number of aromatic nitrogens is 1. The number of nitrogens with zero attached hydrogens (tertiary/aromatic N) is 3. The Balaban J connectivity index is 1.89. The third kappa shape index (κ3) is 2.81. The van der Waals surface area contributed by atoms with Gasteiger partial charge in [0.05, 0.1) is 16.8 Å². The highest BCUT2D eigenvalue weighted by Gasteiger charge is 2.28. The number of hydrogen-bond donors (Lipinski definition) is 1. The second-order valence-electron chi connectivity index (χ2n) is 6.00. The molecule has 0 aliphatic carbocycles. The molecule has 6 nitrogen and oxygen atoms in total. The van der Waals surface area contributed by atoms with Crippen LogP contribution in [0.1, 0.15) is 29.5 Å². The summed E-state index contributed by atoms with van der Waals surface area (Å²) >= 11 is 0. The van der Waals surface area contributed by atoms with Crippen molar-refractivity contribution in [3.05, 3.63) is 35.0 Å². The maximum absolute atomic E-state index is 11.7. The number of fused-ring (bicyclic) bond motifs is 1. The van der Waals surface area contributed by atoms with Crippen LogP contribution < -0.4 is 5.32 Å². The Morgan fingerprint density at radius 1 is 1.25 bits per heavy atom. The minimum absolute atomic E-state index is 0.131. The molecule has 1 N–H and O–H groups in total. The molecule has 0 bridgehead atoms. The first-order chi connectivity index (χ1) is 11.5. The largest absolute Gasteiger partial charge is 0.382 e. The van der Waals surface area contributed by atoms with Crippen molar-refractivity contribution in [1.29, 1.82) is 5.26 Å². The first kappa shape index (κ1) is 15.9. The molecule has 3 rings (SSSR count). The molecule has 0 spiro atoms. The van der Waals surface area contributed by atoms with Crippen LogP contribution in [0, 0.1) is 25.2 Å². The molecule has 2 heterocycles. The van der Waals surface area contributed by atoms with Crippen LogP contribution in [0.5, 0.6) is 0 Å². The van der Waals surface area contributed by atoms with Gasteiger partial charge in [-0.15, -0.1) is 0 Å². The van der Waals surface area contributed by atoms with E-state index in [1.807, 2.05) is 26.0 Å². The summed E-state index contributed by atoms with van der Waals surface area (Å²) in [5.41, 5.74) is 4.13. The molecule has 0 radical (unpaired) electrons. The molecule has 0 saturated carbocycles. The van der Waals surface area contributed by atoms with Crippen molar-refractivity contribution in [2.45, 2.75) is 26.7 Å². The summed E-state index contributed by atoms with van der Waals surface area (Å²) in [6, 6.07) is 6.19.